The fraction of sp³-hybridized carbons (Fsp3) is 0.174. The average Bonchev–Trinajstić information content (AvgIpc) is 2.82. The van der Waals surface area contributed by atoms with Crippen LogP contribution in [0.2, 0.25) is 0 Å². The number of nitrogens with zero attached hydrogens (tertiary/aromatic N) is 3. The highest BCUT2D eigenvalue weighted by molar-refractivity contribution is 7.89. The van der Waals surface area contributed by atoms with Gasteiger partial charge < -0.3 is 4.90 Å². The number of carbonyl (C=O) groups is 1. The number of carbonyl (C=O) groups excluding carboxylic acids is 1. The number of non-ortho nitro benzene ring substituents is 1. The summed E-state index contributed by atoms with van der Waals surface area (Å²) in [4.78, 5) is 24.5. The molecule has 1 heterocycles. The lowest BCUT2D eigenvalue weighted by molar-refractivity contribution is -0.384. The van der Waals surface area contributed by atoms with E-state index in [2.05, 4.69) is 0 Å². The Labute approximate surface area is 185 Å². The minimum absolute atomic E-state index is 0.00118. The molecule has 4 rings (SSSR count). The predicted octanol–water partition coefficient (Wildman–Crippen LogP) is 3.29. The van der Waals surface area contributed by atoms with E-state index in [1.165, 1.54) is 34.6 Å². The highest BCUT2D eigenvalue weighted by Crippen LogP contribution is 2.22. The van der Waals surface area contributed by atoms with E-state index >= 15 is 0 Å². The summed E-state index contributed by atoms with van der Waals surface area (Å²) in [7, 11) is -3.78. The lowest BCUT2D eigenvalue weighted by Gasteiger charge is -2.33. The van der Waals surface area contributed by atoms with E-state index in [-0.39, 0.29) is 42.7 Å². The number of piperazine rings is 1. The van der Waals surface area contributed by atoms with Gasteiger partial charge in [0, 0.05) is 44.4 Å². The minimum atomic E-state index is -3.78. The predicted molar refractivity (Wildman–Crippen MR) is 121 cm³/mol. The quantitative estimate of drug-likeness (QED) is 0.337. The second-order valence-corrected chi connectivity index (χ2v) is 9.32. The molecule has 3 aromatic rings. The number of hydrogen-bond donors (Lipinski definition) is 0. The summed E-state index contributed by atoms with van der Waals surface area (Å²) in [5.41, 5.74) is 0.771. The van der Waals surface area contributed by atoms with Crippen molar-refractivity contribution < 1.29 is 18.1 Å². The van der Waals surface area contributed by atoms with Gasteiger partial charge in [-0.05, 0) is 34.5 Å². The van der Waals surface area contributed by atoms with Crippen molar-refractivity contribution in [3.05, 3.63) is 88.5 Å². The van der Waals surface area contributed by atoms with E-state index in [9.17, 15) is 23.3 Å². The Morgan fingerprint density at radius 2 is 1.56 bits per heavy atom. The third kappa shape index (κ3) is 4.39. The molecule has 0 aromatic heterocycles. The first-order valence-electron chi connectivity index (χ1n) is 10.1. The van der Waals surface area contributed by atoms with Crippen LogP contribution in [-0.2, 0) is 14.8 Å². The van der Waals surface area contributed by atoms with E-state index < -0.39 is 14.9 Å². The smallest absolute Gasteiger partial charge is 0.269 e. The van der Waals surface area contributed by atoms with Gasteiger partial charge in [-0.25, -0.2) is 8.42 Å². The van der Waals surface area contributed by atoms with Crippen molar-refractivity contribution in [2.45, 2.75) is 4.90 Å². The fourth-order valence-electron chi connectivity index (χ4n) is 3.70. The molecular weight excluding hydrogens is 430 g/mol. The van der Waals surface area contributed by atoms with E-state index in [1.54, 1.807) is 11.0 Å². The molecule has 164 valence electrons. The third-order valence-electron chi connectivity index (χ3n) is 5.46. The van der Waals surface area contributed by atoms with Gasteiger partial charge in [0.25, 0.3) is 5.69 Å². The maximum Gasteiger partial charge on any atom is 0.269 e. The maximum atomic E-state index is 12.8. The van der Waals surface area contributed by atoms with Gasteiger partial charge >= 0.3 is 0 Å². The normalized spacial score (nSPS) is 15.3. The first kappa shape index (κ1) is 21.7. The zero-order valence-corrected chi connectivity index (χ0v) is 17.9. The first-order valence-corrected chi connectivity index (χ1v) is 11.5. The van der Waals surface area contributed by atoms with E-state index in [1.807, 2.05) is 42.5 Å². The van der Waals surface area contributed by atoms with Crippen molar-refractivity contribution in [3.8, 4) is 0 Å². The van der Waals surface area contributed by atoms with Crippen LogP contribution in [-0.4, -0.2) is 54.6 Å². The summed E-state index contributed by atoms with van der Waals surface area (Å²) < 4.78 is 26.9. The second-order valence-electron chi connectivity index (χ2n) is 7.38. The zero-order chi connectivity index (χ0) is 22.7. The van der Waals surface area contributed by atoms with Crippen LogP contribution in [0.5, 0.6) is 0 Å². The van der Waals surface area contributed by atoms with Gasteiger partial charge in [-0.3, -0.25) is 14.9 Å². The molecule has 9 heteroatoms. The molecule has 0 radical (unpaired) electrons. The number of amides is 1. The van der Waals surface area contributed by atoms with Gasteiger partial charge in [-0.2, -0.15) is 4.31 Å². The van der Waals surface area contributed by atoms with Crippen LogP contribution in [0.25, 0.3) is 16.8 Å². The Bertz CT molecular complexity index is 1290. The largest absolute Gasteiger partial charge is 0.337 e. The molecule has 1 amide bonds. The molecule has 32 heavy (non-hydrogen) atoms. The zero-order valence-electron chi connectivity index (χ0n) is 17.1. The fourth-order valence-corrected chi connectivity index (χ4v) is 5.12. The van der Waals surface area contributed by atoms with E-state index in [0.717, 1.165) is 16.3 Å². The van der Waals surface area contributed by atoms with Crippen LogP contribution >= 0.6 is 0 Å². The second kappa shape index (κ2) is 8.89. The first-order chi connectivity index (χ1) is 15.4. The molecule has 1 aliphatic heterocycles. The van der Waals surface area contributed by atoms with Crippen molar-refractivity contribution in [1.82, 2.24) is 9.21 Å². The highest BCUT2D eigenvalue weighted by atomic mass is 32.2. The SMILES string of the molecule is O=C(/C=C/c1cccc2ccccc12)N1CCN(S(=O)(=O)c2ccc([N+](=O)[O-])cc2)CC1. The summed E-state index contributed by atoms with van der Waals surface area (Å²) in [5, 5.41) is 12.9. The van der Waals surface area contributed by atoms with Crippen LogP contribution in [0.3, 0.4) is 0 Å². The Morgan fingerprint density at radius 3 is 2.25 bits per heavy atom. The Hall–Kier alpha value is -3.56. The topological polar surface area (TPSA) is 101 Å². The number of nitro benzene ring substituents is 1. The highest BCUT2D eigenvalue weighted by Gasteiger charge is 2.29. The summed E-state index contributed by atoms with van der Waals surface area (Å²) >= 11 is 0. The molecule has 1 aliphatic rings. The number of fused-ring (bicyclic) bond motifs is 1. The van der Waals surface area contributed by atoms with Crippen LogP contribution in [0, 0.1) is 10.1 Å². The number of rotatable bonds is 5. The lowest BCUT2D eigenvalue weighted by atomic mass is 10.0. The standard InChI is InChI=1S/C23H21N3O5S/c27-23(13-8-19-6-3-5-18-4-1-2-7-22(18)19)24-14-16-25(17-15-24)32(30,31)21-11-9-20(10-12-21)26(28)29/h1-13H,14-17H2/b13-8+. The van der Waals surface area contributed by atoms with E-state index in [4.69, 9.17) is 0 Å². The number of benzene rings is 3. The average molecular weight is 452 g/mol. The van der Waals surface area contributed by atoms with Gasteiger partial charge in [0.2, 0.25) is 15.9 Å². The summed E-state index contributed by atoms with van der Waals surface area (Å²) in [6.45, 7) is 0.857. The van der Waals surface area contributed by atoms with Crippen LogP contribution in [0.15, 0.2) is 77.7 Å². The van der Waals surface area contributed by atoms with Crippen molar-refractivity contribution in [2.75, 3.05) is 26.2 Å². The summed E-state index contributed by atoms with van der Waals surface area (Å²) in [5.74, 6) is -0.176. The molecular formula is C23H21N3O5S. The van der Waals surface area contributed by atoms with Gasteiger partial charge in [-0.1, -0.05) is 42.5 Å². The van der Waals surface area contributed by atoms with Crippen LogP contribution in [0.1, 0.15) is 5.56 Å². The molecule has 8 nitrogen and oxygen atoms in total. The molecule has 0 unspecified atom stereocenters. The molecule has 1 fully saturated rings. The molecule has 0 spiro atoms. The van der Waals surface area contributed by atoms with Gasteiger partial charge in [0.15, 0.2) is 0 Å². The summed E-state index contributed by atoms with van der Waals surface area (Å²) in [6, 6.07) is 18.6. The molecule has 0 aliphatic carbocycles. The number of sulfonamides is 1. The van der Waals surface area contributed by atoms with Crippen LogP contribution < -0.4 is 0 Å². The number of hydrogen-bond acceptors (Lipinski definition) is 5. The minimum Gasteiger partial charge on any atom is -0.337 e. The van der Waals surface area contributed by atoms with Crippen LogP contribution in [0.4, 0.5) is 5.69 Å². The molecule has 1 saturated heterocycles. The van der Waals surface area contributed by atoms with Crippen molar-refractivity contribution in [1.29, 1.82) is 0 Å². The molecule has 0 saturated carbocycles. The van der Waals surface area contributed by atoms with E-state index in [0.29, 0.717) is 0 Å². The van der Waals surface area contributed by atoms with Gasteiger partial charge in [-0.15, -0.1) is 0 Å². The number of nitro groups is 1. The molecule has 0 atom stereocenters. The molecule has 0 bridgehead atoms. The third-order valence-corrected chi connectivity index (χ3v) is 7.38. The Balaban J connectivity index is 1.41. The molecule has 0 N–H and O–H groups in total. The lowest BCUT2D eigenvalue weighted by Crippen LogP contribution is -2.50. The monoisotopic (exact) mass is 451 g/mol. The van der Waals surface area contributed by atoms with Crippen molar-refractivity contribution >= 4 is 38.5 Å². The maximum absolute atomic E-state index is 12.8. The Kier molecular flexibility index (Phi) is 6.02. The van der Waals surface area contributed by atoms with Crippen molar-refractivity contribution in [3.63, 3.8) is 0 Å². The Morgan fingerprint density at radius 1 is 0.906 bits per heavy atom. The summed E-state index contributed by atoms with van der Waals surface area (Å²) in [6.07, 6.45) is 3.30. The van der Waals surface area contributed by atoms with Gasteiger partial charge in [0.05, 0.1) is 9.82 Å². The molecule has 3 aromatic carbocycles. The van der Waals surface area contributed by atoms with Gasteiger partial charge in [0.1, 0.15) is 0 Å². The van der Waals surface area contributed by atoms with Crippen molar-refractivity contribution in [2.24, 2.45) is 0 Å².